The van der Waals surface area contributed by atoms with Crippen LogP contribution in [0, 0.1) is 0 Å². The van der Waals surface area contributed by atoms with Gasteiger partial charge < -0.3 is 15.3 Å². The number of thiazole rings is 1. The van der Waals surface area contributed by atoms with Crippen LogP contribution < -0.4 is 5.32 Å². The molecule has 0 aromatic carbocycles. The molecular formula is C14H17N5O2S. The number of urea groups is 1. The van der Waals surface area contributed by atoms with E-state index in [2.05, 4.69) is 20.5 Å². The molecule has 2 fully saturated rings. The highest BCUT2D eigenvalue weighted by molar-refractivity contribution is 7.13. The predicted molar refractivity (Wildman–Crippen MR) is 82.6 cm³/mol. The molecule has 2 amide bonds. The van der Waals surface area contributed by atoms with E-state index in [-0.39, 0.29) is 24.2 Å². The molecule has 4 rings (SSSR count). The van der Waals surface area contributed by atoms with Crippen LogP contribution in [-0.2, 0) is 0 Å². The minimum absolute atomic E-state index is 0.112. The zero-order valence-electron chi connectivity index (χ0n) is 11.9. The molecule has 2 saturated heterocycles. The number of aromatic amines is 1. The highest BCUT2D eigenvalue weighted by Crippen LogP contribution is 2.36. The van der Waals surface area contributed by atoms with Crippen LogP contribution in [0.4, 0.5) is 10.5 Å². The summed E-state index contributed by atoms with van der Waals surface area (Å²) in [7, 11) is 0. The molecule has 0 radical (unpaired) electrons. The van der Waals surface area contributed by atoms with Gasteiger partial charge in [-0.1, -0.05) is 0 Å². The first-order valence-electron chi connectivity index (χ1n) is 7.43. The summed E-state index contributed by atoms with van der Waals surface area (Å²) >= 11 is 1.49. The van der Waals surface area contributed by atoms with E-state index in [0.29, 0.717) is 18.5 Å². The highest BCUT2D eigenvalue weighted by atomic mass is 32.1. The van der Waals surface area contributed by atoms with Gasteiger partial charge in [0.15, 0.2) is 0 Å². The van der Waals surface area contributed by atoms with Crippen LogP contribution in [0.1, 0.15) is 25.7 Å². The molecule has 2 bridgehead atoms. The van der Waals surface area contributed by atoms with Crippen LogP contribution in [-0.4, -0.2) is 49.4 Å². The monoisotopic (exact) mass is 319 g/mol. The minimum Gasteiger partial charge on any atom is -0.393 e. The van der Waals surface area contributed by atoms with Crippen LogP contribution in [0.3, 0.4) is 0 Å². The lowest BCUT2D eigenvalue weighted by Crippen LogP contribution is -2.49. The topological polar surface area (TPSA) is 94.1 Å². The molecule has 116 valence electrons. The third-order valence-electron chi connectivity index (χ3n) is 4.47. The van der Waals surface area contributed by atoms with Gasteiger partial charge in [-0.25, -0.2) is 9.78 Å². The van der Waals surface area contributed by atoms with Crippen LogP contribution in [0.5, 0.6) is 0 Å². The fourth-order valence-electron chi connectivity index (χ4n) is 3.55. The predicted octanol–water partition coefficient (Wildman–Crippen LogP) is 2.05. The summed E-state index contributed by atoms with van der Waals surface area (Å²) in [6.07, 6.45) is 6.35. The average Bonchev–Trinajstić information content (AvgIpc) is 3.18. The van der Waals surface area contributed by atoms with Gasteiger partial charge in [0.2, 0.25) is 0 Å². The second-order valence-electron chi connectivity index (χ2n) is 5.84. The first-order chi connectivity index (χ1) is 10.7. The fourth-order valence-corrected chi connectivity index (χ4v) is 4.20. The number of aromatic nitrogens is 3. The van der Waals surface area contributed by atoms with E-state index in [1.807, 2.05) is 10.3 Å². The number of nitrogens with zero attached hydrogens (tertiary/aromatic N) is 3. The summed E-state index contributed by atoms with van der Waals surface area (Å²) in [5, 5.41) is 22.4. The molecule has 4 heterocycles. The molecule has 2 aromatic heterocycles. The number of hydrogen-bond donors (Lipinski definition) is 3. The number of hydrogen-bond acceptors (Lipinski definition) is 5. The van der Waals surface area contributed by atoms with Crippen molar-refractivity contribution in [2.24, 2.45) is 0 Å². The van der Waals surface area contributed by atoms with Crippen LogP contribution in [0.2, 0.25) is 0 Å². The van der Waals surface area contributed by atoms with Gasteiger partial charge in [-0.05, 0) is 25.7 Å². The number of rotatable bonds is 2. The van der Waals surface area contributed by atoms with Gasteiger partial charge in [0, 0.05) is 23.7 Å². The first kappa shape index (κ1) is 13.7. The summed E-state index contributed by atoms with van der Waals surface area (Å²) in [4.78, 5) is 18.8. The van der Waals surface area contributed by atoms with Gasteiger partial charge in [0.05, 0.1) is 18.0 Å². The lowest BCUT2D eigenvalue weighted by molar-refractivity contribution is 0.0580. The maximum Gasteiger partial charge on any atom is 0.322 e. The maximum absolute atomic E-state index is 12.6. The number of piperidine rings is 1. The minimum atomic E-state index is -0.277. The SMILES string of the molecule is O=C(Nc1cn[nH]c1-c1nccs1)N1C2CCC1CC(O)C2. The second-order valence-corrected chi connectivity index (χ2v) is 6.74. The van der Waals surface area contributed by atoms with Crippen molar-refractivity contribution in [2.75, 3.05) is 5.32 Å². The third kappa shape index (κ3) is 2.28. The number of carbonyl (C=O) groups excluding carboxylic acids is 1. The van der Waals surface area contributed by atoms with Crippen molar-refractivity contribution in [3.63, 3.8) is 0 Å². The Balaban J connectivity index is 1.53. The zero-order chi connectivity index (χ0) is 15.1. The largest absolute Gasteiger partial charge is 0.393 e. The Morgan fingerprint density at radius 3 is 2.86 bits per heavy atom. The summed E-state index contributed by atoms with van der Waals surface area (Å²) in [5.74, 6) is 0. The molecule has 2 aliphatic rings. The van der Waals surface area contributed by atoms with Crippen molar-refractivity contribution >= 4 is 23.1 Å². The van der Waals surface area contributed by atoms with Gasteiger partial charge >= 0.3 is 6.03 Å². The molecule has 7 nitrogen and oxygen atoms in total. The van der Waals surface area contributed by atoms with E-state index in [4.69, 9.17) is 0 Å². The number of anilines is 1. The highest BCUT2D eigenvalue weighted by Gasteiger charge is 2.42. The van der Waals surface area contributed by atoms with Crippen LogP contribution >= 0.6 is 11.3 Å². The normalized spacial score (nSPS) is 27.1. The van der Waals surface area contributed by atoms with Crippen molar-refractivity contribution in [3.05, 3.63) is 17.8 Å². The summed E-state index contributed by atoms with van der Waals surface area (Å²) in [6, 6.07) is 0.173. The van der Waals surface area contributed by atoms with Gasteiger partial charge in [0.25, 0.3) is 0 Å². The molecule has 0 saturated carbocycles. The Morgan fingerprint density at radius 2 is 2.18 bits per heavy atom. The van der Waals surface area contributed by atoms with Gasteiger partial charge in [-0.3, -0.25) is 5.10 Å². The number of carbonyl (C=O) groups is 1. The molecule has 22 heavy (non-hydrogen) atoms. The molecule has 2 unspecified atom stereocenters. The van der Waals surface area contributed by atoms with Gasteiger partial charge in [0.1, 0.15) is 10.7 Å². The number of H-pyrrole nitrogens is 1. The van der Waals surface area contributed by atoms with Gasteiger partial charge in [-0.15, -0.1) is 11.3 Å². The average molecular weight is 319 g/mol. The third-order valence-corrected chi connectivity index (χ3v) is 5.26. The van der Waals surface area contributed by atoms with E-state index in [1.165, 1.54) is 11.3 Å². The van der Waals surface area contributed by atoms with Crippen molar-refractivity contribution in [3.8, 4) is 10.7 Å². The maximum atomic E-state index is 12.6. The smallest absolute Gasteiger partial charge is 0.322 e. The Morgan fingerprint density at radius 1 is 1.41 bits per heavy atom. The van der Waals surface area contributed by atoms with Crippen LogP contribution in [0.25, 0.3) is 10.7 Å². The van der Waals surface area contributed by atoms with E-state index in [9.17, 15) is 9.90 Å². The van der Waals surface area contributed by atoms with E-state index < -0.39 is 0 Å². The molecule has 2 aliphatic heterocycles. The quantitative estimate of drug-likeness (QED) is 0.789. The number of amides is 2. The Hall–Kier alpha value is -1.93. The molecule has 8 heteroatoms. The van der Waals surface area contributed by atoms with Crippen LogP contribution in [0.15, 0.2) is 17.8 Å². The Kier molecular flexibility index (Phi) is 3.34. The zero-order valence-corrected chi connectivity index (χ0v) is 12.7. The standard InChI is InChI=1S/C14H17N5O2S/c20-10-5-8-1-2-9(6-10)19(8)14(21)17-11-7-16-18-12(11)13-15-3-4-22-13/h3-4,7-10,20H,1-2,5-6H2,(H,16,18)(H,17,21). The summed E-state index contributed by atoms with van der Waals surface area (Å²) in [5.41, 5.74) is 1.37. The first-order valence-corrected chi connectivity index (χ1v) is 8.31. The van der Waals surface area contributed by atoms with Gasteiger partial charge in [-0.2, -0.15) is 5.10 Å². The van der Waals surface area contributed by atoms with E-state index in [1.54, 1.807) is 12.4 Å². The number of aliphatic hydroxyl groups is 1. The summed E-state index contributed by atoms with van der Waals surface area (Å²) < 4.78 is 0. The molecular weight excluding hydrogens is 302 g/mol. The lowest BCUT2D eigenvalue weighted by Gasteiger charge is -2.37. The summed E-state index contributed by atoms with van der Waals surface area (Å²) in [6.45, 7) is 0. The molecule has 2 aromatic rings. The van der Waals surface area contributed by atoms with Crippen molar-refractivity contribution < 1.29 is 9.90 Å². The number of aliphatic hydroxyl groups excluding tert-OH is 1. The molecule has 0 aliphatic carbocycles. The molecule has 3 N–H and O–H groups in total. The number of fused-ring (bicyclic) bond motifs is 2. The lowest BCUT2D eigenvalue weighted by atomic mass is 10.0. The number of nitrogens with one attached hydrogen (secondary N) is 2. The fraction of sp³-hybridized carbons (Fsp3) is 0.500. The van der Waals surface area contributed by atoms with Crippen molar-refractivity contribution in [2.45, 2.75) is 43.9 Å². The Labute approximate surface area is 131 Å². The van der Waals surface area contributed by atoms with Crippen molar-refractivity contribution in [1.82, 2.24) is 20.1 Å². The molecule has 0 spiro atoms. The second kappa shape index (κ2) is 5.36. The van der Waals surface area contributed by atoms with Crippen molar-refractivity contribution in [1.29, 1.82) is 0 Å². The van der Waals surface area contributed by atoms with E-state index >= 15 is 0 Å². The molecule has 2 atom stereocenters. The Bertz CT molecular complexity index is 657. The van der Waals surface area contributed by atoms with E-state index in [0.717, 1.165) is 23.5 Å².